The number of benzene rings is 4. The van der Waals surface area contributed by atoms with Crippen LogP contribution in [0, 0.1) is 0 Å². The monoisotopic (exact) mass is 452 g/mol. The van der Waals surface area contributed by atoms with Crippen LogP contribution in [0.15, 0.2) is 82.6 Å². The molecule has 0 aliphatic carbocycles. The van der Waals surface area contributed by atoms with Gasteiger partial charge in [0.05, 0.1) is 9.79 Å². The molecule has 0 saturated heterocycles. The van der Waals surface area contributed by atoms with Crippen LogP contribution in [-0.2, 0) is 26.6 Å². The molecule has 6 rings (SSSR count). The minimum absolute atomic E-state index is 0.167. The summed E-state index contributed by atoms with van der Waals surface area (Å²) in [6.07, 6.45) is 0. The van der Waals surface area contributed by atoms with E-state index in [2.05, 4.69) is 4.72 Å². The number of hydrogen-bond donors (Lipinski definition) is 2. The van der Waals surface area contributed by atoms with Crippen molar-refractivity contribution in [2.45, 2.75) is 16.3 Å². The number of amides is 1. The summed E-state index contributed by atoms with van der Waals surface area (Å²) < 4.78 is 51.5. The highest BCUT2D eigenvalue weighted by atomic mass is 32.2. The lowest BCUT2D eigenvalue weighted by Crippen LogP contribution is -2.34. The SMILES string of the molecule is O=C1NS(=O)(=O)c2cccc3cccc1c23.O=S1(=O)NCc2cccc3cccc1c23. The first-order chi connectivity index (χ1) is 14.8. The summed E-state index contributed by atoms with van der Waals surface area (Å²) in [5.41, 5.74) is 1.45. The molecular formula is C22H16N2O5S2. The first kappa shape index (κ1) is 19.7. The van der Waals surface area contributed by atoms with Crippen molar-refractivity contribution < 1.29 is 21.6 Å². The molecule has 0 spiro atoms. The van der Waals surface area contributed by atoms with Crippen molar-refractivity contribution in [3.63, 3.8) is 0 Å². The lowest BCUT2D eigenvalue weighted by Gasteiger charge is -2.17. The first-order valence-corrected chi connectivity index (χ1v) is 12.3. The molecule has 2 aliphatic rings. The Kier molecular flexibility index (Phi) is 4.37. The average molecular weight is 453 g/mol. The molecular weight excluding hydrogens is 436 g/mol. The van der Waals surface area contributed by atoms with Crippen LogP contribution in [-0.4, -0.2) is 22.7 Å². The van der Waals surface area contributed by atoms with Crippen LogP contribution in [0.2, 0.25) is 0 Å². The predicted molar refractivity (Wildman–Crippen MR) is 117 cm³/mol. The number of nitrogens with one attached hydrogen (secondary N) is 2. The molecule has 0 fully saturated rings. The Balaban J connectivity index is 0.000000132. The molecule has 9 heteroatoms. The number of rotatable bonds is 0. The fraction of sp³-hybridized carbons (Fsp3) is 0.0455. The summed E-state index contributed by atoms with van der Waals surface area (Å²) in [6.45, 7) is 0.386. The summed E-state index contributed by atoms with van der Waals surface area (Å²) in [4.78, 5) is 12.2. The Morgan fingerprint density at radius 2 is 1.19 bits per heavy atom. The predicted octanol–water partition coefficient (Wildman–Crippen LogP) is 2.90. The third-order valence-electron chi connectivity index (χ3n) is 5.32. The van der Waals surface area contributed by atoms with E-state index in [0.29, 0.717) is 22.4 Å². The van der Waals surface area contributed by atoms with Gasteiger partial charge in [-0.3, -0.25) is 4.79 Å². The molecule has 0 aromatic heterocycles. The molecule has 0 radical (unpaired) electrons. The zero-order chi connectivity index (χ0) is 21.8. The van der Waals surface area contributed by atoms with Gasteiger partial charge in [0.1, 0.15) is 0 Å². The van der Waals surface area contributed by atoms with Gasteiger partial charge in [-0.1, -0.05) is 54.6 Å². The van der Waals surface area contributed by atoms with E-state index in [1.54, 1.807) is 42.5 Å². The molecule has 1 amide bonds. The van der Waals surface area contributed by atoms with Crippen molar-refractivity contribution in [1.29, 1.82) is 0 Å². The second kappa shape index (κ2) is 6.88. The number of hydrogen-bond acceptors (Lipinski definition) is 5. The van der Waals surface area contributed by atoms with Crippen molar-refractivity contribution in [3.05, 3.63) is 83.9 Å². The normalized spacial score (nSPS) is 17.5. The summed E-state index contributed by atoms with van der Waals surface area (Å²) in [5, 5.41) is 3.11. The van der Waals surface area contributed by atoms with Gasteiger partial charge in [0, 0.05) is 22.9 Å². The van der Waals surface area contributed by atoms with Gasteiger partial charge in [-0.15, -0.1) is 0 Å². The third-order valence-corrected chi connectivity index (χ3v) is 8.14. The van der Waals surface area contributed by atoms with Gasteiger partial charge in [-0.25, -0.2) is 26.3 Å². The Morgan fingerprint density at radius 1 is 0.645 bits per heavy atom. The van der Waals surface area contributed by atoms with Gasteiger partial charge in [0.2, 0.25) is 10.0 Å². The van der Waals surface area contributed by atoms with E-state index < -0.39 is 26.0 Å². The van der Waals surface area contributed by atoms with E-state index in [4.69, 9.17) is 0 Å². The molecule has 0 atom stereocenters. The van der Waals surface area contributed by atoms with Crippen molar-refractivity contribution in [2.24, 2.45) is 0 Å². The van der Waals surface area contributed by atoms with Crippen molar-refractivity contribution in [3.8, 4) is 0 Å². The standard InChI is InChI=1S/C11H7NO3S.C11H9NO2S/c13-11-8-5-1-3-7-4-2-6-9(10(7)8)16(14,15)12-11;13-15(14)10-6-2-4-8-3-1-5-9(7-12-15)11(8)10/h1-6H,(H,12,13);1-6,12H,7H2. The smallest absolute Gasteiger partial charge is 0.265 e. The van der Waals surface area contributed by atoms with E-state index in [-0.39, 0.29) is 4.90 Å². The Hall–Kier alpha value is -3.27. The summed E-state index contributed by atoms with van der Waals surface area (Å²) in [5.74, 6) is -0.565. The van der Waals surface area contributed by atoms with Gasteiger partial charge < -0.3 is 0 Å². The van der Waals surface area contributed by atoms with Gasteiger partial charge in [0.25, 0.3) is 15.9 Å². The maximum atomic E-state index is 11.7. The maximum absolute atomic E-state index is 11.7. The molecule has 0 saturated carbocycles. The molecule has 2 N–H and O–H groups in total. The molecule has 4 aromatic carbocycles. The minimum atomic E-state index is -3.70. The van der Waals surface area contributed by atoms with Crippen LogP contribution in [0.1, 0.15) is 15.9 Å². The Morgan fingerprint density at radius 3 is 1.87 bits per heavy atom. The van der Waals surface area contributed by atoms with E-state index in [1.165, 1.54) is 6.07 Å². The topological polar surface area (TPSA) is 109 Å². The second-order valence-electron chi connectivity index (χ2n) is 7.19. The third kappa shape index (κ3) is 3.18. The van der Waals surface area contributed by atoms with Crippen LogP contribution in [0.5, 0.6) is 0 Å². The Bertz CT molecular complexity index is 1600. The van der Waals surface area contributed by atoms with Crippen LogP contribution in [0.4, 0.5) is 0 Å². The van der Waals surface area contributed by atoms with E-state index >= 15 is 0 Å². The largest absolute Gasteiger partial charge is 0.268 e. The average Bonchev–Trinajstić information content (AvgIpc) is 2.75. The fourth-order valence-corrected chi connectivity index (χ4v) is 6.45. The molecule has 2 aliphatic heterocycles. The highest BCUT2D eigenvalue weighted by molar-refractivity contribution is 7.90. The second-order valence-corrected chi connectivity index (χ2v) is 10.6. The summed E-state index contributed by atoms with van der Waals surface area (Å²) in [7, 11) is -7.00. The first-order valence-electron chi connectivity index (χ1n) is 9.37. The Labute approximate surface area is 178 Å². The summed E-state index contributed by atoms with van der Waals surface area (Å²) >= 11 is 0. The summed E-state index contributed by atoms with van der Waals surface area (Å²) in [6, 6.07) is 21.3. The fourth-order valence-electron chi connectivity index (χ4n) is 3.96. The van der Waals surface area contributed by atoms with E-state index in [1.807, 2.05) is 29.0 Å². The van der Waals surface area contributed by atoms with Crippen LogP contribution < -0.4 is 9.44 Å². The minimum Gasteiger partial charge on any atom is -0.268 e. The number of carbonyl (C=O) groups is 1. The van der Waals surface area contributed by atoms with Crippen molar-refractivity contribution in [2.75, 3.05) is 0 Å². The molecule has 2 heterocycles. The van der Waals surface area contributed by atoms with Crippen LogP contribution >= 0.6 is 0 Å². The van der Waals surface area contributed by atoms with Crippen molar-refractivity contribution in [1.82, 2.24) is 9.44 Å². The van der Waals surface area contributed by atoms with Crippen LogP contribution in [0.3, 0.4) is 0 Å². The molecule has 7 nitrogen and oxygen atoms in total. The maximum Gasteiger partial charge on any atom is 0.265 e. The molecule has 0 bridgehead atoms. The van der Waals surface area contributed by atoms with Crippen LogP contribution in [0.25, 0.3) is 21.5 Å². The quantitative estimate of drug-likeness (QED) is 0.426. The molecule has 156 valence electrons. The van der Waals surface area contributed by atoms with E-state index in [0.717, 1.165) is 21.7 Å². The van der Waals surface area contributed by atoms with Gasteiger partial charge in [-0.2, -0.15) is 0 Å². The van der Waals surface area contributed by atoms with Crippen molar-refractivity contribution >= 4 is 47.5 Å². The zero-order valence-electron chi connectivity index (χ0n) is 16.0. The van der Waals surface area contributed by atoms with Gasteiger partial charge in [0.15, 0.2) is 0 Å². The zero-order valence-corrected chi connectivity index (χ0v) is 17.6. The number of sulfonamides is 2. The van der Waals surface area contributed by atoms with Gasteiger partial charge in [-0.05, 0) is 34.5 Å². The van der Waals surface area contributed by atoms with E-state index in [9.17, 15) is 21.6 Å². The van der Waals surface area contributed by atoms with Gasteiger partial charge >= 0.3 is 0 Å². The lowest BCUT2D eigenvalue weighted by atomic mass is 10.0. The highest BCUT2D eigenvalue weighted by Gasteiger charge is 2.29. The molecule has 4 aromatic rings. The highest BCUT2D eigenvalue weighted by Crippen LogP contribution is 2.30. The molecule has 31 heavy (non-hydrogen) atoms. The lowest BCUT2D eigenvalue weighted by molar-refractivity contribution is 0.0981. The molecule has 0 unspecified atom stereocenters. The number of carbonyl (C=O) groups excluding carboxylic acids is 1.